The van der Waals surface area contributed by atoms with Crippen LogP contribution in [0.15, 0.2) is 17.4 Å². The molecule has 0 saturated carbocycles. The molecule has 0 aliphatic rings. The average Bonchev–Trinajstić information content (AvgIpc) is 2.77. The molecule has 126 valence electrons. The largest absolute Gasteiger partial charge is 0.417 e. The summed E-state index contributed by atoms with van der Waals surface area (Å²) in [5, 5.41) is 10.3. The lowest BCUT2D eigenvalue weighted by molar-refractivity contribution is -0.137. The second-order valence-corrected chi connectivity index (χ2v) is 7.19. The molecule has 2 rings (SSSR count). The lowest BCUT2D eigenvalue weighted by atomic mass is 10.1. The molecule has 0 fully saturated rings. The second kappa shape index (κ2) is 6.20. The first kappa shape index (κ1) is 17.9. The van der Waals surface area contributed by atoms with Gasteiger partial charge in [-0.15, -0.1) is 10.2 Å². The number of carbonyl (C=O) groups excluding carboxylic acids is 1. The van der Waals surface area contributed by atoms with Crippen LogP contribution in [0.1, 0.15) is 26.3 Å². The Kier molecular flexibility index (Phi) is 4.81. The summed E-state index contributed by atoms with van der Waals surface area (Å²) in [7, 11) is 0. The molecule has 10 heteroatoms. The van der Waals surface area contributed by atoms with E-state index in [1.165, 1.54) is 0 Å². The van der Waals surface area contributed by atoms with E-state index in [4.69, 9.17) is 11.6 Å². The Labute approximate surface area is 139 Å². The third-order valence-corrected chi connectivity index (χ3v) is 3.82. The number of thioether (sulfide) groups is 1. The summed E-state index contributed by atoms with van der Waals surface area (Å²) in [5.41, 5.74) is -1.19. The van der Waals surface area contributed by atoms with Crippen molar-refractivity contribution in [3.63, 3.8) is 0 Å². The van der Waals surface area contributed by atoms with Crippen molar-refractivity contribution in [1.82, 2.24) is 19.9 Å². The molecule has 0 bridgehead atoms. The summed E-state index contributed by atoms with van der Waals surface area (Å²) in [4.78, 5) is 11.8. The molecule has 0 saturated heterocycles. The number of pyridine rings is 1. The highest BCUT2D eigenvalue weighted by Gasteiger charge is 2.32. The van der Waals surface area contributed by atoms with E-state index in [1.54, 1.807) is 0 Å². The van der Waals surface area contributed by atoms with Gasteiger partial charge in [-0.3, -0.25) is 9.20 Å². The summed E-state index contributed by atoms with van der Waals surface area (Å²) in [6.07, 6.45) is -3.67. The molecule has 0 aliphatic heterocycles. The van der Waals surface area contributed by atoms with Crippen LogP contribution < -0.4 is 5.32 Å². The minimum absolute atomic E-state index is 0.00588. The van der Waals surface area contributed by atoms with Crippen LogP contribution in [-0.2, 0) is 11.0 Å². The molecule has 5 nitrogen and oxygen atoms in total. The van der Waals surface area contributed by atoms with E-state index in [2.05, 4.69) is 15.5 Å². The van der Waals surface area contributed by atoms with Crippen LogP contribution in [0.4, 0.5) is 13.2 Å². The summed E-state index contributed by atoms with van der Waals surface area (Å²) < 4.78 is 39.7. The number of hydrogen-bond acceptors (Lipinski definition) is 4. The Bertz CT molecular complexity index is 739. The van der Waals surface area contributed by atoms with E-state index in [9.17, 15) is 18.0 Å². The van der Waals surface area contributed by atoms with Crippen molar-refractivity contribution in [1.29, 1.82) is 0 Å². The van der Waals surface area contributed by atoms with Crippen molar-refractivity contribution in [2.24, 2.45) is 0 Å². The fourth-order valence-corrected chi connectivity index (χ4v) is 2.73. The summed E-state index contributed by atoms with van der Waals surface area (Å²) in [6, 6.07) is 0.798. The SMILES string of the molecule is CC(C)(C)NC(=O)CSc1nnc2c(Cl)cc(C(F)(F)F)cn12. The van der Waals surface area contributed by atoms with Gasteiger partial charge in [0.05, 0.1) is 16.3 Å². The Balaban J connectivity index is 2.25. The number of carbonyl (C=O) groups is 1. The highest BCUT2D eigenvalue weighted by Crippen LogP contribution is 2.33. The van der Waals surface area contributed by atoms with Gasteiger partial charge >= 0.3 is 6.18 Å². The maximum Gasteiger partial charge on any atom is 0.417 e. The van der Waals surface area contributed by atoms with E-state index in [1.807, 2.05) is 20.8 Å². The summed E-state index contributed by atoms with van der Waals surface area (Å²) >= 11 is 6.80. The topological polar surface area (TPSA) is 59.3 Å². The van der Waals surface area contributed by atoms with Crippen LogP contribution in [0.2, 0.25) is 5.02 Å². The van der Waals surface area contributed by atoms with Crippen molar-refractivity contribution in [3.8, 4) is 0 Å². The number of amides is 1. The van der Waals surface area contributed by atoms with Gasteiger partial charge in [0, 0.05) is 11.7 Å². The van der Waals surface area contributed by atoms with Gasteiger partial charge in [-0.2, -0.15) is 13.2 Å². The van der Waals surface area contributed by atoms with Gasteiger partial charge in [-0.1, -0.05) is 23.4 Å². The monoisotopic (exact) mass is 366 g/mol. The first-order valence-electron chi connectivity index (χ1n) is 6.53. The molecule has 0 aromatic carbocycles. The third-order valence-electron chi connectivity index (χ3n) is 2.60. The van der Waals surface area contributed by atoms with Crippen LogP contribution in [0.5, 0.6) is 0 Å². The molecule has 1 N–H and O–H groups in total. The number of halogens is 4. The number of alkyl halides is 3. The maximum atomic E-state index is 12.8. The number of nitrogens with one attached hydrogen (secondary N) is 1. The van der Waals surface area contributed by atoms with E-state index in [0.29, 0.717) is 0 Å². The van der Waals surface area contributed by atoms with Gasteiger partial charge in [-0.25, -0.2) is 0 Å². The van der Waals surface area contributed by atoms with Crippen molar-refractivity contribution < 1.29 is 18.0 Å². The quantitative estimate of drug-likeness (QED) is 0.846. The van der Waals surface area contributed by atoms with Crippen molar-refractivity contribution in [2.45, 2.75) is 37.6 Å². The smallest absolute Gasteiger partial charge is 0.351 e. The number of aromatic nitrogens is 3. The van der Waals surface area contributed by atoms with E-state index < -0.39 is 17.3 Å². The Morgan fingerprint density at radius 3 is 2.57 bits per heavy atom. The molecule has 2 aromatic heterocycles. The number of hydrogen-bond donors (Lipinski definition) is 1. The van der Waals surface area contributed by atoms with Gasteiger partial charge in [0.15, 0.2) is 10.8 Å². The Morgan fingerprint density at radius 2 is 2.00 bits per heavy atom. The van der Waals surface area contributed by atoms with Crippen LogP contribution in [-0.4, -0.2) is 31.8 Å². The molecule has 0 radical (unpaired) electrons. The molecule has 0 atom stereocenters. The van der Waals surface area contributed by atoms with Gasteiger partial charge in [0.2, 0.25) is 5.91 Å². The average molecular weight is 367 g/mol. The third kappa shape index (κ3) is 4.51. The van der Waals surface area contributed by atoms with Crippen molar-refractivity contribution in [2.75, 3.05) is 5.75 Å². The second-order valence-electron chi connectivity index (χ2n) is 5.84. The first-order chi connectivity index (χ1) is 10.5. The number of fused-ring (bicyclic) bond motifs is 1. The first-order valence-corrected chi connectivity index (χ1v) is 7.89. The molecule has 2 aromatic rings. The predicted octanol–water partition coefficient (Wildman–Crippen LogP) is 3.41. The zero-order valence-electron chi connectivity index (χ0n) is 12.5. The molecule has 0 spiro atoms. The minimum atomic E-state index is -4.53. The fourth-order valence-electron chi connectivity index (χ4n) is 1.77. The molecule has 1 amide bonds. The maximum absolute atomic E-state index is 12.8. The van der Waals surface area contributed by atoms with Crippen LogP contribution in [0.25, 0.3) is 5.65 Å². The van der Waals surface area contributed by atoms with Gasteiger partial charge in [-0.05, 0) is 26.8 Å². The van der Waals surface area contributed by atoms with E-state index in [0.717, 1.165) is 28.4 Å². The highest BCUT2D eigenvalue weighted by atomic mass is 35.5. The normalized spacial score (nSPS) is 12.7. The standard InChI is InChI=1S/C13H14ClF3N4OS/c1-12(2,3)18-9(22)6-23-11-20-19-10-8(14)4-7(5-21(10)11)13(15,16)17/h4-5H,6H2,1-3H3,(H,18,22). The van der Waals surface area contributed by atoms with Crippen LogP contribution in [0, 0.1) is 0 Å². The molecule has 2 heterocycles. The fraction of sp³-hybridized carbons (Fsp3) is 0.462. The van der Waals surface area contributed by atoms with Crippen molar-refractivity contribution in [3.05, 3.63) is 22.8 Å². The lowest BCUT2D eigenvalue weighted by Crippen LogP contribution is -2.41. The van der Waals surface area contributed by atoms with Crippen LogP contribution in [0.3, 0.4) is 0 Å². The van der Waals surface area contributed by atoms with Gasteiger partial charge in [0.25, 0.3) is 0 Å². The highest BCUT2D eigenvalue weighted by molar-refractivity contribution is 7.99. The molecule has 0 unspecified atom stereocenters. The Hall–Kier alpha value is -1.48. The molecule has 23 heavy (non-hydrogen) atoms. The van der Waals surface area contributed by atoms with E-state index >= 15 is 0 Å². The summed E-state index contributed by atoms with van der Waals surface area (Å²) in [6.45, 7) is 5.49. The zero-order chi connectivity index (χ0) is 17.4. The predicted molar refractivity (Wildman–Crippen MR) is 81.6 cm³/mol. The van der Waals surface area contributed by atoms with Gasteiger partial charge < -0.3 is 5.32 Å². The molecular weight excluding hydrogens is 353 g/mol. The van der Waals surface area contributed by atoms with Gasteiger partial charge in [0.1, 0.15) is 0 Å². The molecular formula is C13H14ClF3N4OS. The van der Waals surface area contributed by atoms with Crippen LogP contribution >= 0.6 is 23.4 Å². The van der Waals surface area contributed by atoms with E-state index in [-0.39, 0.29) is 27.5 Å². The lowest BCUT2D eigenvalue weighted by Gasteiger charge is -2.20. The number of nitrogens with zero attached hydrogens (tertiary/aromatic N) is 3. The zero-order valence-corrected chi connectivity index (χ0v) is 14.1. The summed E-state index contributed by atoms with van der Waals surface area (Å²) in [5.74, 6) is -0.247. The Morgan fingerprint density at radius 1 is 1.35 bits per heavy atom. The molecule has 0 aliphatic carbocycles. The van der Waals surface area contributed by atoms with Crippen molar-refractivity contribution >= 4 is 34.9 Å². The minimum Gasteiger partial charge on any atom is -0.351 e. The number of rotatable bonds is 3.